The van der Waals surface area contributed by atoms with Crippen LogP contribution in [0.4, 0.5) is 0 Å². The van der Waals surface area contributed by atoms with Crippen molar-refractivity contribution in [1.82, 2.24) is 4.90 Å². The summed E-state index contributed by atoms with van der Waals surface area (Å²) in [6, 6.07) is 6.59. The van der Waals surface area contributed by atoms with Crippen LogP contribution in [0.1, 0.15) is 54.1 Å². The van der Waals surface area contributed by atoms with Crippen molar-refractivity contribution in [3.05, 3.63) is 34.9 Å². The van der Waals surface area contributed by atoms with E-state index in [1.165, 1.54) is 36.8 Å². The summed E-state index contributed by atoms with van der Waals surface area (Å²) in [7, 11) is 0. The fourth-order valence-electron chi connectivity index (χ4n) is 3.05. The summed E-state index contributed by atoms with van der Waals surface area (Å²) in [5, 5.41) is 0. The van der Waals surface area contributed by atoms with E-state index in [0.29, 0.717) is 6.04 Å². The van der Waals surface area contributed by atoms with Gasteiger partial charge in [0.25, 0.3) is 5.91 Å². The molecule has 0 aliphatic heterocycles. The molecule has 1 amide bonds. The lowest BCUT2D eigenvalue weighted by atomic mass is 10.1. The molecule has 1 fully saturated rings. The third-order valence-electron chi connectivity index (χ3n) is 3.84. The molecule has 0 saturated heterocycles. The maximum absolute atomic E-state index is 12.6. The average molecular weight is 245 g/mol. The van der Waals surface area contributed by atoms with E-state index in [-0.39, 0.29) is 5.91 Å². The Balaban J connectivity index is 2.22. The molecule has 0 unspecified atom stereocenters. The normalized spacial score (nSPS) is 15.9. The predicted octanol–water partition coefficient (Wildman–Crippen LogP) is 3.71. The topological polar surface area (TPSA) is 20.3 Å². The van der Waals surface area contributed by atoms with E-state index in [2.05, 4.69) is 31.7 Å². The van der Waals surface area contributed by atoms with Crippen LogP contribution < -0.4 is 0 Å². The van der Waals surface area contributed by atoms with Crippen LogP contribution in [0.2, 0.25) is 0 Å². The minimum absolute atomic E-state index is 0.205. The second kappa shape index (κ2) is 5.55. The van der Waals surface area contributed by atoms with Gasteiger partial charge in [-0.1, -0.05) is 30.0 Å². The van der Waals surface area contributed by atoms with Gasteiger partial charge in [-0.15, -0.1) is 0 Å². The molecule has 1 aliphatic carbocycles. The number of benzene rings is 1. The van der Waals surface area contributed by atoms with Crippen LogP contribution in [0.25, 0.3) is 0 Å². The molecule has 2 nitrogen and oxygen atoms in total. The van der Waals surface area contributed by atoms with E-state index < -0.39 is 0 Å². The number of hydrogen-bond donors (Lipinski definition) is 0. The Morgan fingerprint density at radius 3 is 2.22 bits per heavy atom. The molecule has 2 rings (SSSR count). The van der Waals surface area contributed by atoms with Gasteiger partial charge in [0.05, 0.1) is 0 Å². The molecule has 18 heavy (non-hydrogen) atoms. The fourth-order valence-corrected chi connectivity index (χ4v) is 3.05. The summed E-state index contributed by atoms with van der Waals surface area (Å²) in [5.41, 5.74) is 3.18. The Bertz CT molecular complexity index is 412. The number of amides is 1. The Kier molecular flexibility index (Phi) is 4.05. The number of carbonyl (C=O) groups excluding carboxylic acids is 1. The number of aryl methyl sites for hydroxylation is 2. The molecule has 0 aromatic heterocycles. The van der Waals surface area contributed by atoms with Gasteiger partial charge in [0.15, 0.2) is 0 Å². The molecule has 0 N–H and O–H groups in total. The van der Waals surface area contributed by atoms with Crippen molar-refractivity contribution in [2.75, 3.05) is 6.54 Å². The largest absolute Gasteiger partial charge is 0.336 e. The fraction of sp³-hybridized carbons (Fsp3) is 0.562. The highest BCUT2D eigenvalue weighted by atomic mass is 16.2. The first kappa shape index (κ1) is 13.1. The highest BCUT2D eigenvalue weighted by Crippen LogP contribution is 2.25. The van der Waals surface area contributed by atoms with Crippen LogP contribution in [-0.2, 0) is 0 Å². The maximum atomic E-state index is 12.6. The van der Waals surface area contributed by atoms with Gasteiger partial charge in [-0.05, 0) is 45.7 Å². The van der Waals surface area contributed by atoms with Gasteiger partial charge in [0.1, 0.15) is 0 Å². The second-order valence-electron chi connectivity index (χ2n) is 5.41. The minimum Gasteiger partial charge on any atom is -0.336 e. The van der Waals surface area contributed by atoms with Crippen LogP contribution in [0.3, 0.4) is 0 Å². The number of rotatable bonds is 3. The number of carbonyl (C=O) groups is 1. The van der Waals surface area contributed by atoms with Crippen LogP contribution in [0.15, 0.2) is 18.2 Å². The zero-order valence-electron chi connectivity index (χ0n) is 11.7. The van der Waals surface area contributed by atoms with E-state index in [4.69, 9.17) is 0 Å². The smallest absolute Gasteiger partial charge is 0.254 e. The Morgan fingerprint density at radius 2 is 1.72 bits per heavy atom. The molecule has 0 radical (unpaired) electrons. The van der Waals surface area contributed by atoms with Gasteiger partial charge < -0.3 is 4.90 Å². The first-order valence-electron chi connectivity index (χ1n) is 7.01. The first-order valence-corrected chi connectivity index (χ1v) is 7.01. The number of nitrogens with zero attached hydrogens (tertiary/aromatic N) is 1. The summed E-state index contributed by atoms with van der Waals surface area (Å²) < 4.78 is 0. The third-order valence-corrected chi connectivity index (χ3v) is 3.84. The lowest BCUT2D eigenvalue weighted by Gasteiger charge is -2.28. The lowest BCUT2D eigenvalue weighted by Crippen LogP contribution is -2.38. The summed E-state index contributed by atoms with van der Waals surface area (Å²) in [6.45, 7) is 7.00. The molecule has 0 atom stereocenters. The lowest BCUT2D eigenvalue weighted by molar-refractivity contribution is 0.0693. The molecule has 1 aromatic carbocycles. The molecule has 0 bridgehead atoms. The zero-order chi connectivity index (χ0) is 13.1. The molecule has 1 saturated carbocycles. The molecule has 1 aromatic rings. The maximum Gasteiger partial charge on any atom is 0.254 e. The predicted molar refractivity (Wildman–Crippen MR) is 74.9 cm³/mol. The van der Waals surface area contributed by atoms with Gasteiger partial charge in [-0.25, -0.2) is 0 Å². The molecule has 2 heteroatoms. The van der Waals surface area contributed by atoms with E-state index in [1.54, 1.807) is 0 Å². The molecular formula is C16H23NO. The van der Waals surface area contributed by atoms with Gasteiger partial charge >= 0.3 is 0 Å². The molecule has 0 spiro atoms. The molecular weight excluding hydrogens is 222 g/mol. The highest BCUT2D eigenvalue weighted by molar-refractivity contribution is 5.94. The summed E-state index contributed by atoms with van der Waals surface area (Å²) in [6.07, 6.45) is 4.87. The molecule has 0 heterocycles. The second-order valence-corrected chi connectivity index (χ2v) is 5.41. The number of hydrogen-bond acceptors (Lipinski definition) is 1. The van der Waals surface area contributed by atoms with E-state index >= 15 is 0 Å². The summed E-state index contributed by atoms with van der Waals surface area (Å²) in [5.74, 6) is 0.205. The van der Waals surface area contributed by atoms with E-state index in [0.717, 1.165) is 12.1 Å². The quantitative estimate of drug-likeness (QED) is 0.795. The van der Waals surface area contributed by atoms with Crippen molar-refractivity contribution >= 4 is 5.91 Å². The monoisotopic (exact) mass is 245 g/mol. The van der Waals surface area contributed by atoms with E-state index in [9.17, 15) is 4.79 Å². The Hall–Kier alpha value is -1.31. The van der Waals surface area contributed by atoms with Crippen molar-refractivity contribution in [3.63, 3.8) is 0 Å². The highest BCUT2D eigenvalue weighted by Gasteiger charge is 2.26. The standard InChI is InChI=1S/C16H23NO/c1-4-17(15-7-5-6-8-15)16(18)14-10-12(2)9-13(3)11-14/h9-11,15H,4-8H2,1-3H3. The Labute approximate surface area is 110 Å². The van der Waals surface area contributed by atoms with Crippen LogP contribution in [-0.4, -0.2) is 23.4 Å². The van der Waals surface area contributed by atoms with Crippen molar-refractivity contribution in [3.8, 4) is 0 Å². The SMILES string of the molecule is CCN(C(=O)c1cc(C)cc(C)c1)C1CCCC1. The van der Waals surface area contributed by atoms with Gasteiger partial charge in [-0.3, -0.25) is 4.79 Å². The van der Waals surface area contributed by atoms with Crippen LogP contribution in [0, 0.1) is 13.8 Å². The third kappa shape index (κ3) is 2.74. The molecule has 98 valence electrons. The first-order chi connectivity index (χ1) is 8.61. The van der Waals surface area contributed by atoms with Crippen LogP contribution >= 0.6 is 0 Å². The van der Waals surface area contributed by atoms with Gasteiger partial charge in [0.2, 0.25) is 0 Å². The van der Waals surface area contributed by atoms with Gasteiger partial charge in [0, 0.05) is 18.2 Å². The zero-order valence-corrected chi connectivity index (χ0v) is 11.7. The summed E-state index contributed by atoms with van der Waals surface area (Å²) in [4.78, 5) is 14.7. The summed E-state index contributed by atoms with van der Waals surface area (Å²) >= 11 is 0. The Morgan fingerprint density at radius 1 is 1.17 bits per heavy atom. The average Bonchev–Trinajstić information content (AvgIpc) is 2.82. The van der Waals surface area contributed by atoms with Crippen molar-refractivity contribution in [1.29, 1.82) is 0 Å². The van der Waals surface area contributed by atoms with Crippen molar-refractivity contribution in [2.24, 2.45) is 0 Å². The molecule has 1 aliphatic rings. The van der Waals surface area contributed by atoms with Crippen LogP contribution in [0.5, 0.6) is 0 Å². The van der Waals surface area contributed by atoms with Crippen molar-refractivity contribution in [2.45, 2.75) is 52.5 Å². The van der Waals surface area contributed by atoms with E-state index in [1.807, 2.05) is 12.1 Å². The van der Waals surface area contributed by atoms with Gasteiger partial charge in [-0.2, -0.15) is 0 Å². The van der Waals surface area contributed by atoms with Crippen molar-refractivity contribution < 1.29 is 4.79 Å². The minimum atomic E-state index is 0.205.